The smallest absolute Gasteiger partial charge is 0.129 e. The molecule has 1 unspecified atom stereocenters. The van der Waals surface area contributed by atoms with Crippen LogP contribution in [0.2, 0.25) is 0 Å². The lowest BCUT2D eigenvalue weighted by molar-refractivity contribution is 0.187. The zero-order valence-corrected chi connectivity index (χ0v) is 9.00. The van der Waals surface area contributed by atoms with Gasteiger partial charge in [-0.1, -0.05) is 19.9 Å². The third-order valence-electron chi connectivity index (χ3n) is 2.71. The average molecular weight is 214 g/mol. The fourth-order valence-corrected chi connectivity index (χ4v) is 1.50. The predicted molar refractivity (Wildman–Crippen MR) is 55.5 cm³/mol. The molecule has 0 aliphatic heterocycles. The first-order chi connectivity index (χ1) is 7.06. The summed E-state index contributed by atoms with van der Waals surface area (Å²) < 4.78 is 26.6. The van der Waals surface area contributed by atoms with Crippen LogP contribution in [0.25, 0.3) is 0 Å². The SMILES string of the molecule is CC(C)C(CO)Cc1c(F)cccc1F. The van der Waals surface area contributed by atoms with E-state index in [4.69, 9.17) is 5.11 Å². The molecule has 1 nitrogen and oxygen atoms in total. The molecule has 0 fully saturated rings. The molecular weight excluding hydrogens is 198 g/mol. The van der Waals surface area contributed by atoms with Crippen LogP contribution in [-0.2, 0) is 6.42 Å². The highest BCUT2D eigenvalue weighted by molar-refractivity contribution is 5.20. The van der Waals surface area contributed by atoms with Gasteiger partial charge in [0.25, 0.3) is 0 Å². The predicted octanol–water partition coefficient (Wildman–Crippen LogP) is 2.77. The van der Waals surface area contributed by atoms with Gasteiger partial charge < -0.3 is 5.11 Å². The number of halogens is 2. The van der Waals surface area contributed by atoms with Crippen molar-refractivity contribution in [3.8, 4) is 0 Å². The standard InChI is InChI=1S/C12H16F2O/c1-8(2)9(7-15)6-10-11(13)4-3-5-12(10)14/h3-5,8-9,15H,6-7H2,1-2H3. The van der Waals surface area contributed by atoms with Crippen molar-refractivity contribution in [2.45, 2.75) is 20.3 Å². The lowest BCUT2D eigenvalue weighted by Gasteiger charge is -2.18. The van der Waals surface area contributed by atoms with Gasteiger partial charge in [0, 0.05) is 12.2 Å². The van der Waals surface area contributed by atoms with Gasteiger partial charge in [-0.3, -0.25) is 0 Å². The van der Waals surface area contributed by atoms with Crippen molar-refractivity contribution in [2.75, 3.05) is 6.61 Å². The Bertz CT molecular complexity index is 303. The summed E-state index contributed by atoms with van der Waals surface area (Å²) in [7, 11) is 0. The largest absolute Gasteiger partial charge is 0.396 e. The van der Waals surface area contributed by atoms with Crippen molar-refractivity contribution in [3.63, 3.8) is 0 Å². The average Bonchev–Trinajstić information content (AvgIpc) is 2.17. The van der Waals surface area contributed by atoms with Crippen LogP contribution >= 0.6 is 0 Å². The monoisotopic (exact) mass is 214 g/mol. The zero-order valence-electron chi connectivity index (χ0n) is 9.00. The molecule has 1 aromatic rings. The first-order valence-corrected chi connectivity index (χ1v) is 5.10. The number of aliphatic hydroxyl groups excluding tert-OH is 1. The first-order valence-electron chi connectivity index (χ1n) is 5.10. The summed E-state index contributed by atoms with van der Waals surface area (Å²) in [6, 6.07) is 3.83. The van der Waals surface area contributed by atoms with E-state index in [1.165, 1.54) is 18.2 Å². The Morgan fingerprint density at radius 1 is 1.20 bits per heavy atom. The Morgan fingerprint density at radius 3 is 2.13 bits per heavy atom. The van der Waals surface area contributed by atoms with Gasteiger partial charge >= 0.3 is 0 Å². The number of hydrogen-bond acceptors (Lipinski definition) is 1. The van der Waals surface area contributed by atoms with Crippen molar-refractivity contribution in [2.24, 2.45) is 11.8 Å². The molecule has 0 saturated carbocycles. The normalized spacial score (nSPS) is 13.2. The van der Waals surface area contributed by atoms with Crippen LogP contribution in [-0.4, -0.2) is 11.7 Å². The summed E-state index contributed by atoms with van der Waals surface area (Å²) in [6.45, 7) is 3.81. The molecule has 0 heterocycles. The van der Waals surface area contributed by atoms with E-state index in [-0.39, 0.29) is 30.4 Å². The summed E-state index contributed by atoms with van der Waals surface area (Å²) in [5, 5.41) is 9.09. The van der Waals surface area contributed by atoms with Crippen LogP contribution in [0.3, 0.4) is 0 Å². The second kappa shape index (κ2) is 5.21. The van der Waals surface area contributed by atoms with Crippen LogP contribution in [0.1, 0.15) is 19.4 Å². The Hall–Kier alpha value is -0.960. The number of benzene rings is 1. The summed E-state index contributed by atoms with van der Waals surface area (Å²) in [6.07, 6.45) is 0.243. The Balaban J connectivity index is 2.87. The van der Waals surface area contributed by atoms with E-state index in [0.717, 1.165) is 0 Å². The van der Waals surface area contributed by atoms with Crippen LogP contribution in [0.4, 0.5) is 8.78 Å². The van der Waals surface area contributed by atoms with Crippen LogP contribution in [0.15, 0.2) is 18.2 Å². The first kappa shape index (κ1) is 12.1. The number of hydrogen-bond donors (Lipinski definition) is 1. The molecule has 1 rings (SSSR count). The topological polar surface area (TPSA) is 20.2 Å². The van der Waals surface area contributed by atoms with Crippen LogP contribution in [0.5, 0.6) is 0 Å². The van der Waals surface area contributed by atoms with Crippen molar-refractivity contribution >= 4 is 0 Å². The summed E-state index contributed by atoms with van der Waals surface area (Å²) in [5.41, 5.74) is 0.0743. The highest BCUT2D eigenvalue weighted by Gasteiger charge is 2.17. The minimum atomic E-state index is -0.533. The number of aliphatic hydroxyl groups is 1. The second-order valence-electron chi connectivity index (χ2n) is 4.09. The molecule has 0 aromatic heterocycles. The third kappa shape index (κ3) is 2.99. The quantitative estimate of drug-likeness (QED) is 0.817. The minimum Gasteiger partial charge on any atom is -0.396 e. The maximum atomic E-state index is 13.3. The number of rotatable bonds is 4. The minimum absolute atomic E-state index is 0.0502. The molecule has 3 heteroatoms. The fourth-order valence-electron chi connectivity index (χ4n) is 1.50. The molecule has 0 radical (unpaired) electrons. The van der Waals surface area contributed by atoms with Crippen molar-refractivity contribution < 1.29 is 13.9 Å². The van der Waals surface area contributed by atoms with Gasteiger partial charge in [0.05, 0.1) is 0 Å². The van der Waals surface area contributed by atoms with Gasteiger partial charge in [0.1, 0.15) is 11.6 Å². The molecule has 1 atom stereocenters. The molecule has 0 aliphatic rings. The van der Waals surface area contributed by atoms with Crippen molar-refractivity contribution in [1.82, 2.24) is 0 Å². The van der Waals surface area contributed by atoms with E-state index in [0.29, 0.717) is 0 Å². The molecular formula is C12H16F2O. The second-order valence-corrected chi connectivity index (χ2v) is 4.09. The van der Waals surface area contributed by atoms with E-state index in [2.05, 4.69) is 0 Å². The molecule has 0 aliphatic carbocycles. The van der Waals surface area contributed by atoms with Gasteiger partial charge in [-0.2, -0.15) is 0 Å². The van der Waals surface area contributed by atoms with E-state index in [9.17, 15) is 8.78 Å². The Labute approximate surface area is 88.7 Å². The highest BCUT2D eigenvalue weighted by Crippen LogP contribution is 2.21. The molecule has 0 amide bonds. The summed E-state index contributed by atoms with van der Waals surface area (Å²) in [5.74, 6) is -0.964. The van der Waals surface area contributed by atoms with Crippen LogP contribution in [0, 0.1) is 23.5 Å². The van der Waals surface area contributed by atoms with Crippen LogP contribution < -0.4 is 0 Å². The van der Waals surface area contributed by atoms with E-state index < -0.39 is 11.6 Å². The maximum Gasteiger partial charge on any atom is 0.129 e. The fraction of sp³-hybridized carbons (Fsp3) is 0.500. The van der Waals surface area contributed by atoms with Crippen molar-refractivity contribution in [3.05, 3.63) is 35.4 Å². The maximum absolute atomic E-state index is 13.3. The van der Waals surface area contributed by atoms with Gasteiger partial charge in [-0.25, -0.2) is 8.78 Å². The molecule has 0 bridgehead atoms. The molecule has 0 spiro atoms. The molecule has 84 valence electrons. The summed E-state index contributed by atoms with van der Waals surface area (Å²) >= 11 is 0. The lowest BCUT2D eigenvalue weighted by atomic mass is 9.89. The van der Waals surface area contributed by atoms with E-state index >= 15 is 0 Å². The van der Waals surface area contributed by atoms with Gasteiger partial charge in [0.15, 0.2) is 0 Å². The summed E-state index contributed by atoms with van der Waals surface area (Å²) in [4.78, 5) is 0. The molecule has 0 saturated heterocycles. The van der Waals surface area contributed by atoms with Gasteiger partial charge in [-0.05, 0) is 30.4 Å². The molecule has 15 heavy (non-hydrogen) atoms. The van der Waals surface area contributed by atoms with Gasteiger partial charge in [0.2, 0.25) is 0 Å². The third-order valence-corrected chi connectivity index (χ3v) is 2.71. The van der Waals surface area contributed by atoms with Crippen molar-refractivity contribution in [1.29, 1.82) is 0 Å². The molecule has 1 aromatic carbocycles. The Kier molecular flexibility index (Phi) is 4.21. The van der Waals surface area contributed by atoms with Gasteiger partial charge in [-0.15, -0.1) is 0 Å². The molecule has 1 N–H and O–H groups in total. The van der Waals surface area contributed by atoms with E-state index in [1.54, 1.807) is 0 Å². The zero-order chi connectivity index (χ0) is 11.4. The Morgan fingerprint density at radius 2 is 1.73 bits per heavy atom. The lowest BCUT2D eigenvalue weighted by Crippen LogP contribution is -2.17. The van der Waals surface area contributed by atoms with E-state index in [1.807, 2.05) is 13.8 Å². The highest BCUT2D eigenvalue weighted by atomic mass is 19.1.